The first-order valence-corrected chi connectivity index (χ1v) is 6.91. The molecule has 1 saturated carbocycles. The fourth-order valence-electron chi connectivity index (χ4n) is 2.52. The highest BCUT2D eigenvalue weighted by Crippen LogP contribution is 2.31. The maximum atomic E-state index is 12.0. The number of pyridine rings is 1. The molecule has 2 heterocycles. The van der Waals surface area contributed by atoms with Gasteiger partial charge in [0.05, 0.1) is 11.9 Å². The average molecular weight is 260 g/mol. The summed E-state index contributed by atoms with van der Waals surface area (Å²) in [5.74, 6) is 1.27. The zero-order chi connectivity index (χ0) is 13.4. The van der Waals surface area contributed by atoms with Crippen LogP contribution in [0.5, 0.6) is 0 Å². The van der Waals surface area contributed by atoms with Crippen molar-refractivity contribution in [3.05, 3.63) is 17.8 Å². The standard InChI is InChI=1S/C14H20N4O/c1-10-8-12(9-16-13(10)15)17-4-6-18(7-5-17)14(19)11-2-3-11/h8-9,11H,2-7H2,1H3,(H2,15,16). The summed E-state index contributed by atoms with van der Waals surface area (Å²) in [6.45, 7) is 5.36. The molecule has 0 unspecified atom stereocenters. The molecule has 19 heavy (non-hydrogen) atoms. The monoisotopic (exact) mass is 260 g/mol. The third-order valence-electron chi connectivity index (χ3n) is 3.99. The summed E-state index contributed by atoms with van der Waals surface area (Å²) >= 11 is 0. The molecule has 3 rings (SSSR count). The highest BCUT2D eigenvalue weighted by molar-refractivity contribution is 5.81. The van der Waals surface area contributed by atoms with Gasteiger partial charge in [0, 0.05) is 32.1 Å². The summed E-state index contributed by atoms with van der Waals surface area (Å²) in [4.78, 5) is 20.5. The van der Waals surface area contributed by atoms with Crippen LogP contribution in [-0.2, 0) is 4.79 Å². The molecule has 1 aromatic rings. The molecule has 0 atom stereocenters. The van der Waals surface area contributed by atoms with Crippen LogP contribution in [0.15, 0.2) is 12.3 Å². The molecule has 0 aromatic carbocycles. The minimum atomic E-state index is 0.326. The number of carbonyl (C=O) groups excluding carboxylic acids is 1. The van der Waals surface area contributed by atoms with Gasteiger partial charge in [-0.3, -0.25) is 4.79 Å². The Labute approximate surface area is 113 Å². The predicted octanol–water partition coefficient (Wildman–Crippen LogP) is 1.03. The lowest BCUT2D eigenvalue weighted by molar-refractivity contribution is -0.132. The van der Waals surface area contributed by atoms with Crippen LogP contribution in [0.2, 0.25) is 0 Å². The van der Waals surface area contributed by atoms with Gasteiger partial charge in [0.1, 0.15) is 5.82 Å². The van der Waals surface area contributed by atoms with Gasteiger partial charge in [0.15, 0.2) is 0 Å². The summed E-state index contributed by atoms with van der Waals surface area (Å²) < 4.78 is 0. The van der Waals surface area contributed by atoms with E-state index in [0.717, 1.165) is 50.3 Å². The molecule has 1 amide bonds. The van der Waals surface area contributed by atoms with Crippen LogP contribution < -0.4 is 10.6 Å². The molecule has 2 fully saturated rings. The second kappa shape index (κ2) is 4.72. The highest BCUT2D eigenvalue weighted by atomic mass is 16.2. The number of carbonyl (C=O) groups is 1. The van der Waals surface area contributed by atoms with Crippen LogP contribution in [0.3, 0.4) is 0 Å². The van der Waals surface area contributed by atoms with Crippen LogP contribution in [-0.4, -0.2) is 42.0 Å². The molecule has 1 aliphatic carbocycles. The van der Waals surface area contributed by atoms with Gasteiger partial charge in [-0.1, -0.05) is 0 Å². The summed E-state index contributed by atoms with van der Waals surface area (Å²) in [7, 11) is 0. The van der Waals surface area contributed by atoms with Crippen molar-refractivity contribution >= 4 is 17.4 Å². The number of nitrogens with two attached hydrogens (primary N) is 1. The van der Waals surface area contributed by atoms with E-state index < -0.39 is 0 Å². The summed E-state index contributed by atoms with van der Waals surface area (Å²) in [6, 6.07) is 2.07. The van der Waals surface area contributed by atoms with Gasteiger partial charge >= 0.3 is 0 Å². The maximum absolute atomic E-state index is 12.0. The SMILES string of the molecule is Cc1cc(N2CCN(C(=O)C3CC3)CC2)cnc1N. The van der Waals surface area contributed by atoms with Crippen molar-refractivity contribution in [2.75, 3.05) is 36.8 Å². The number of hydrogen-bond donors (Lipinski definition) is 1. The normalized spacial score (nSPS) is 19.6. The van der Waals surface area contributed by atoms with E-state index >= 15 is 0 Å². The van der Waals surface area contributed by atoms with Crippen molar-refractivity contribution < 1.29 is 4.79 Å². The summed E-state index contributed by atoms with van der Waals surface area (Å²) in [5, 5.41) is 0. The Morgan fingerprint density at radius 3 is 2.58 bits per heavy atom. The Morgan fingerprint density at radius 2 is 2.00 bits per heavy atom. The number of piperazine rings is 1. The number of aryl methyl sites for hydroxylation is 1. The van der Waals surface area contributed by atoms with Crippen molar-refractivity contribution in [2.45, 2.75) is 19.8 Å². The summed E-state index contributed by atoms with van der Waals surface area (Å²) in [5.41, 5.74) is 7.85. The van der Waals surface area contributed by atoms with E-state index in [0.29, 0.717) is 17.6 Å². The molecule has 1 aromatic heterocycles. The molecule has 0 spiro atoms. The Balaban J connectivity index is 1.62. The molecule has 5 nitrogen and oxygen atoms in total. The first-order valence-electron chi connectivity index (χ1n) is 6.91. The zero-order valence-corrected chi connectivity index (χ0v) is 11.3. The number of amides is 1. The Kier molecular flexibility index (Phi) is 3.05. The number of hydrogen-bond acceptors (Lipinski definition) is 4. The third-order valence-corrected chi connectivity index (χ3v) is 3.99. The minimum Gasteiger partial charge on any atom is -0.383 e. The minimum absolute atomic E-state index is 0.326. The largest absolute Gasteiger partial charge is 0.383 e. The first-order chi connectivity index (χ1) is 9.15. The molecular formula is C14H20N4O. The summed E-state index contributed by atoms with van der Waals surface area (Å²) in [6.07, 6.45) is 3.99. The van der Waals surface area contributed by atoms with Gasteiger partial charge in [-0.05, 0) is 31.4 Å². The smallest absolute Gasteiger partial charge is 0.225 e. The number of aromatic nitrogens is 1. The van der Waals surface area contributed by atoms with Crippen molar-refractivity contribution in [2.24, 2.45) is 5.92 Å². The lowest BCUT2D eigenvalue weighted by Gasteiger charge is -2.36. The number of nitrogen functional groups attached to an aromatic ring is 1. The van der Waals surface area contributed by atoms with Crippen molar-refractivity contribution in [3.63, 3.8) is 0 Å². The van der Waals surface area contributed by atoms with Gasteiger partial charge in [-0.2, -0.15) is 0 Å². The molecule has 1 aliphatic heterocycles. The lowest BCUT2D eigenvalue weighted by atomic mass is 10.2. The molecule has 102 valence electrons. The fraction of sp³-hybridized carbons (Fsp3) is 0.571. The predicted molar refractivity (Wildman–Crippen MR) is 74.9 cm³/mol. The van der Waals surface area contributed by atoms with Crippen LogP contribution in [0.4, 0.5) is 11.5 Å². The quantitative estimate of drug-likeness (QED) is 0.862. The zero-order valence-electron chi connectivity index (χ0n) is 11.3. The van der Waals surface area contributed by atoms with Gasteiger partial charge in [-0.25, -0.2) is 4.98 Å². The maximum Gasteiger partial charge on any atom is 0.225 e. The fourth-order valence-corrected chi connectivity index (χ4v) is 2.52. The molecule has 2 aliphatic rings. The topological polar surface area (TPSA) is 62.5 Å². The van der Waals surface area contributed by atoms with E-state index in [1.165, 1.54) is 0 Å². The van der Waals surface area contributed by atoms with E-state index in [1.54, 1.807) is 0 Å². The Bertz CT molecular complexity index is 490. The number of rotatable bonds is 2. The van der Waals surface area contributed by atoms with Crippen LogP contribution in [0.1, 0.15) is 18.4 Å². The van der Waals surface area contributed by atoms with E-state index in [2.05, 4.69) is 16.0 Å². The van der Waals surface area contributed by atoms with Crippen molar-refractivity contribution in [1.82, 2.24) is 9.88 Å². The number of nitrogens with zero attached hydrogens (tertiary/aromatic N) is 3. The second-order valence-corrected chi connectivity index (χ2v) is 5.48. The van der Waals surface area contributed by atoms with Crippen LogP contribution in [0.25, 0.3) is 0 Å². The van der Waals surface area contributed by atoms with Gasteiger partial charge in [0.2, 0.25) is 5.91 Å². The average Bonchev–Trinajstić information content (AvgIpc) is 3.26. The van der Waals surface area contributed by atoms with Gasteiger partial charge in [-0.15, -0.1) is 0 Å². The third kappa shape index (κ3) is 2.50. The highest BCUT2D eigenvalue weighted by Gasteiger charge is 2.34. The van der Waals surface area contributed by atoms with E-state index in [1.807, 2.05) is 18.0 Å². The Morgan fingerprint density at radius 1 is 1.32 bits per heavy atom. The van der Waals surface area contributed by atoms with Crippen molar-refractivity contribution in [1.29, 1.82) is 0 Å². The molecule has 0 bridgehead atoms. The molecular weight excluding hydrogens is 240 g/mol. The molecule has 1 saturated heterocycles. The van der Waals surface area contributed by atoms with E-state index in [4.69, 9.17) is 5.73 Å². The van der Waals surface area contributed by atoms with Crippen molar-refractivity contribution in [3.8, 4) is 0 Å². The number of anilines is 2. The Hall–Kier alpha value is -1.78. The first kappa shape index (κ1) is 12.3. The van der Waals surface area contributed by atoms with Crippen LogP contribution >= 0.6 is 0 Å². The molecule has 2 N–H and O–H groups in total. The lowest BCUT2D eigenvalue weighted by Crippen LogP contribution is -2.49. The second-order valence-electron chi connectivity index (χ2n) is 5.48. The van der Waals surface area contributed by atoms with Crippen LogP contribution in [0, 0.1) is 12.8 Å². The molecule has 5 heteroatoms. The van der Waals surface area contributed by atoms with E-state index in [-0.39, 0.29) is 0 Å². The van der Waals surface area contributed by atoms with Gasteiger partial charge < -0.3 is 15.5 Å². The van der Waals surface area contributed by atoms with E-state index in [9.17, 15) is 4.79 Å². The molecule has 0 radical (unpaired) electrons. The van der Waals surface area contributed by atoms with Gasteiger partial charge in [0.25, 0.3) is 0 Å².